The number of carbonyl (C=O) groups is 1. The van der Waals surface area contributed by atoms with Gasteiger partial charge in [-0.05, 0) is 64.2 Å². The molecule has 0 rings (SSSR count). The molecule has 1 N–H and O–H groups in total. The molecule has 4 nitrogen and oxygen atoms in total. The Morgan fingerprint density at radius 2 is 1.05 bits per heavy atom. The van der Waals surface area contributed by atoms with Crippen molar-refractivity contribution in [2.45, 2.75) is 148 Å². The number of hydrogen-bond donors (Lipinski definition) is 1. The third-order valence-electron chi connectivity index (χ3n) is 7.05. The van der Waals surface area contributed by atoms with Gasteiger partial charge in [-0.2, -0.15) is 0 Å². The molecule has 0 spiro atoms. The summed E-state index contributed by atoms with van der Waals surface area (Å²) >= 11 is 0. The third-order valence-corrected chi connectivity index (χ3v) is 7.05. The largest absolute Gasteiger partial charge is 0.457 e. The first-order chi connectivity index (χ1) is 21.2. The molecule has 0 aliphatic carbocycles. The molecular formula is C39H66O4. The van der Waals surface area contributed by atoms with Crippen molar-refractivity contribution in [2.24, 2.45) is 0 Å². The molecule has 0 aromatic heterocycles. The van der Waals surface area contributed by atoms with Crippen LogP contribution in [0, 0.1) is 0 Å². The number of hydrogen-bond acceptors (Lipinski definition) is 4. The molecule has 246 valence electrons. The fraction of sp³-hybridized carbons (Fsp3) is 0.667. The summed E-state index contributed by atoms with van der Waals surface area (Å²) in [5.41, 5.74) is 0. The van der Waals surface area contributed by atoms with E-state index in [0.29, 0.717) is 6.61 Å². The molecule has 1 unspecified atom stereocenters. The fourth-order valence-corrected chi connectivity index (χ4v) is 4.45. The highest BCUT2D eigenvalue weighted by Gasteiger charge is 2.12. The fourth-order valence-electron chi connectivity index (χ4n) is 4.45. The van der Waals surface area contributed by atoms with Crippen LogP contribution in [0.5, 0.6) is 0 Å². The Labute approximate surface area is 266 Å². The zero-order chi connectivity index (χ0) is 31.3. The van der Waals surface area contributed by atoms with Crippen molar-refractivity contribution in [1.29, 1.82) is 0 Å². The van der Waals surface area contributed by atoms with E-state index in [9.17, 15) is 9.90 Å². The summed E-state index contributed by atoms with van der Waals surface area (Å²) in [6.45, 7) is 5.09. The van der Waals surface area contributed by atoms with Crippen molar-refractivity contribution in [3.63, 3.8) is 0 Å². The first-order valence-corrected chi connectivity index (χ1v) is 17.5. The van der Waals surface area contributed by atoms with Crippen molar-refractivity contribution < 1.29 is 19.4 Å². The minimum Gasteiger partial charge on any atom is -0.457 e. The van der Waals surface area contributed by atoms with Crippen LogP contribution in [0.15, 0.2) is 72.9 Å². The van der Waals surface area contributed by atoms with Crippen LogP contribution in [0.2, 0.25) is 0 Å². The lowest BCUT2D eigenvalue weighted by Gasteiger charge is -2.15. The zero-order valence-electron chi connectivity index (χ0n) is 27.9. The van der Waals surface area contributed by atoms with Gasteiger partial charge in [0.25, 0.3) is 0 Å². The van der Waals surface area contributed by atoms with Crippen molar-refractivity contribution in [1.82, 2.24) is 0 Å². The second-order valence-corrected chi connectivity index (χ2v) is 11.2. The van der Waals surface area contributed by atoms with Crippen LogP contribution >= 0.6 is 0 Å². The van der Waals surface area contributed by atoms with Crippen LogP contribution in [0.1, 0.15) is 142 Å². The van der Waals surface area contributed by atoms with Crippen LogP contribution in [-0.2, 0) is 14.3 Å². The average molecular weight is 599 g/mol. The highest BCUT2D eigenvalue weighted by Crippen LogP contribution is 2.10. The van der Waals surface area contributed by atoms with Crippen LogP contribution < -0.4 is 0 Å². The van der Waals surface area contributed by atoms with E-state index in [2.05, 4.69) is 74.6 Å². The van der Waals surface area contributed by atoms with E-state index in [4.69, 9.17) is 9.47 Å². The van der Waals surface area contributed by atoms with E-state index in [1.165, 1.54) is 77.0 Å². The molecule has 0 amide bonds. The lowest BCUT2D eigenvalue weighted by molar-refractivity contribution is -0.153. The minimum atomic E-state index is -0.593. The highest BCUT2D eigenvalue weighted by atomic mass is 16.6. The van der Waals surface area contributed by atoms with Gasteiger partial charge in [0.1, 0.15) is 6.10 Å². The Bertz CT molecular complexity index is 759. The Kier molecular flexibility index (Phi) is 34.2. The molecule has 0 saturated heterocycles. The molecule has 0 aliphatic heterocycles. The smallest absolute Gasteiger partial charge is 0.310 e. The summed E-state index contributed by atoms with van der Waals surface area (Å²) in [4.78, 5) is 12.1. The van der Waals surface area contributed by atoms with Crippen LogP contribution in [-0.4, -0.2) is 37.0 Å². The number of esters is 1. The first-order valence-electron chi connectivity index (χ1n) is 17.5. The lowest BCUT2D eigenvalue weighted by Crippen LogP contribution is -2.27. The maximum atomic E-state index is 12.1. The van der Waals surface area contributed by atoms with E-state index in [1.807, 2.05) is 12.2 Å². The number of aliphatic hydroxyl groups is 1. The quantitative estimate of drug-likeness (QED) is 0.0490. The molecule has 4 heteroatoms. The predicted molar refractivity (Wildman–Crippen MR) is 186 cm³/mol. The van der Waals surface area contributed by atoms with Gasteiger partial charge in [-0.3, -0.25) is 4.79 Å². The summed E-state index contributed by atoms with van der Waals surface area (Å²) in [7, 11) is 0. The van der Waals surface area contributed by atoms with Crippen LogP contribution in [0.3, 0.4) is 0 Å². The third kappa shape index (κ3) is 34.2. The molecule has 0 heterocycles. The minimum absolute atomic E-state index is 0.207. The van der Waals surface area contributed by atoms with E-state index in [0.717, 1.165) is 44.9 Å². The summed E-state index contributed by atoms with van der Waals surface area (Å²) in [6, 6.07) is 0. The van der Waals surface area contributed by atoms with Crippen molar-refractivity contribution in [3.8, 4) is 0 Å². The molecule has 43 heavy (non-hydrogen) atoms. The maximum absolute atomic E-state index is 12.1. The van der Waals surface area contributed by atoms with Gasteiger partial charge < -0.3 is 14.6 Å². The van der Waals surface area contributed by atoms with E-state index in [-0.39, 0.29) is 25.6 Å². The monoisotopic (exact) mass is 598 g/mol. The SMILES string of the molecule is CC/C=C\C/C=C\C/C=C\C/C=C\C/C=C\CC(=O)OC(CO)COCCCCCCCC/C=C\CCCCCCCC. The van der Waals surface area contributed by atoms with Gasteiger partial charge in [0, 0.05) is 6.61 Å². The number of allylic oxidation sites excluding steroid dienone is 11. The number of rotatable bonds is 31. The number of unbranched alkanes of at least 4 members (excludes halogenated alkanes) is 12. The standard InChI is InChI=1S/C39H66O4/c1-3-5-7-9-11-13-15-17-19-21-23-25-27-29-31-33-35-42-37-38(36-40)43-39(41)34-32-30-28-26-24-22-20-18-16-14-12-10-8-6-4-2/h6,8,12,14,17-20,24,26,30,32,38,40H,3-5,7,9-11,13,15-16,21-23,25,27-29,31,33-37H2,1-2H3/b8-6-,14-12-,19-17-,20-18-,26-24-,32-30-. The number of aliphatic hydroxyl groups excluding tert-OH is 1. The second kappa shape index (κ2) is 36.0. The number of carbonyl (C=O) groups excluding carboxylic acids is 1. The average Bonchev–Trinajstić information content (AvgIpc) is 3.01. The summed E-state index contributed by atoms with van der Waals surface area (Å²) in [5.74, 6) is -0.332. The van der Waals surface area contributed by atoms with Crippen molar-refractivity contribution >= 4 is 5.97 Å². The van der Waals surface area contributed by atoms with Gasteiger partial charge in [-0.1, -0.05) is 145 Å². The van der Waals surface area contributed by atoms with Gasteiger partial charge in [-0.25, -0.2) is 0 Å². The molecule has 0 radical (unpaired) electrons. The topological polar surface area (TPSA) is 55.8 Å². The molecule has 0 fully saturated rings. The van der Waals surface area contributed by atoms with Gasteiger partial charge in [-0.15, -0.1) is 0 Å². The van der Waals surface area contributed by atoms with E-state index in [1.54, 1.807) is 0 Å². The summed E-state index contributed by atoms with van der Waals surface area (Å²) < 4.78 is 11.0. The lowest BCUT2D eigenvalue weighted by atomic mass is 10.1. The zero-order valence-corrected chi connectivity index (χ0v) is 27.9. The second-order valence-electron chi connectivity index (χ2n) is 11.2. The van der Waals surface area contributed by atoms with Gasteiger partial charge in [0.15, 0.2) is 0 Å². The first kappa shape index (κ1) is 40.8. The van der Waals surface area contributed by atoms with Crippen LogP contribution in [0.25, 0.3) is 0 Å². The molecule has 0 aromatic carbocycles. The summed E-state index contributed by atoms with van der Waals surface area (Å²) in [5, 5.41) is 9.52. The normalized spacial score (nSPS) is 13.3. The number of ether oxygens (including phenoxy) is 2. The van der Waals surface area contributed by atoms with Gasteiger partial charge in [0.05, 0.1) is 19.6 Å². The molecule has 0 aromatic rings. The Hall–Kier alpha value is -2.17. The molecule has 0 aliphatic rings. The van der Waals surface area contributed by atoms with Gasteiger partial charge >= 0.3 is 5.97 Å². The van der Waals surface area contributed by atoms with Crippen molar-refractivity contribution in [3.05, 3.63) is 72.9 Å². The van der Waals surface area contributed by atoms with E-state index < -0.39 is 6.10 Å². The summed E-state index contributed by atoms with van der Waals surface area (Å²) in [6.07, 6.45) is 48.2. The van der Waals surface area contributed by atoms with Gasteiger partial charge in [0.2, 0.25) is 0 Å². The van der Waals surface area contributed by atoms with E-state index >= 15 is 0 Å². The Morgan fingerprint density at radius 1 is 0.581 bits per heavy atom. The van der Waals surface area contributed by atoms with Crippen LogP contribution in [0.4, 0.5) is 0 Å². The molecule has 0 bridgehead atoms. The Morgan fingerprint density at radius 3 is 1.56 bits per heavy atom. The highest BCUT2D eigenvalue weighted by molar-refractivity contribution is 5.71. The molecular weight excluding hydrogens is 532 g/mol. The molecule has 0 saturated carbocycles. The Balaban J connectivity index is 3.62. The predicted octanol–water partition coefficient (Wildman–Crippen LogP) is 11.1. The van der Waals surface area contributed by atoms with Crippen molar-refractivity contribution in [2.75, 3.05) is 19.8 Å². The maximum Gasteiger partial charge on any atom is 0.310 e. The molecule has 1 atom stereocenters.